The van der Waals surface area contributed by atoms with Crippen LogP contribution in [-0.2, 0) is 12.8 Å². The van der Waals surface area contributed by atoms with E-state index in [9.17, 15) is 0 Å². The van der Waals surface area contributed by atoms with Crippen LogP contribution in [0.3, 0.4) is 0 Å². The number of hydrogen-bond acceptors (Lipinski definition) is 8. The highest BCUT2D eigenvalue weighted by atomic mass is 15.2. The van der Waals surface area contributed by atoms with Crippen LogP contribution in [0.4, 0.5) is 23.3 Å². The topological polar surface area (TPSA) is 101 Å². The zero-order valence-corrected chi connectivity index (χ0v) is 25.6. The maximum absolute atomic E-state index is 4.65. The van der Waals surface area contributed by atoms with Crippen LogP contribution >= 0.6 is 0 Å². The van der Waals surface area contributed by atoms with Gasteiger partial charge in [0.2, 0.25) is 11.9 Å². The monoisotopic (exact) mass is 590 g/mol. The molecule has 45 heavy (non-hydrogen) atoms. The van der Waals surface area contributed by atoms with E-state index in [0.29, 0.717) is 30.6 Å². The van der Waals surface area contributed by atoms with Crippen molar-refractivity contribution in [3.8, 4) is 0 Å². The Morgan fingerprint density at radius 2 is 1.07 bits per heavy atom. The normalized spacial score (nSPS) is 11.1. The fourth-order valence-electron chi connectivity index (χ4n) is 5.02. The average molecular weight is 591 g/mol. The van der Waals surface area contributed by atoms with Crippen molar-refractivity contribution >= 4 is 35.4 Å². The number of nitrogens with one attached hydrogen (secondary N) is 2. The molecule has 0 saturated heterocycles. The van der Waals surface area contributed by atoms with Crippen molar-refractivity contribution in [2.45, 2.75) is 33.6 Å². The van der Waals surface area contributed by atoms with Crippen LogP contribution in [0.1, 0.15) is 50.9 Å². The van der Waals surface area contributed by atoms with Gasteiger partial charge in [0.15, 0.2) is 0 Å². The molecule has 2 N–H and O–H groups in total. The lowest BCUT2D eigenvalue weighted by Gasteiger charge is -2.10. The first-order valence-electron chi connectivity index (χ1n) is 14.9. The Bertz CT molecular complexity index is 1940. The van der Waals surface area contributed by atoms with Gasteiger partial charge in [-0.3, -0.25) is 0 Å². The number of hydrogen-bond donors (Lipinski definition) is 2. The maximum atomic E-state index is 4.65. The lowest BCUT2D eigenvalue weighted by atomic mass is 10.0. The molecule has 2 heterocycles. The van der Waals surface area contributed by atoms with Gasteiger partial charge in [0.1, 0.15) is 23.8 Å². The van der Waals surface area contributed by atoms with Crippen molar-refractivity contribution in [1.29, 1.82) is 0 Å². The minimum Gasteiger partial charge on any atom is -0.324 e. The first-order valence-corrected chi connectivity index (χ1v) is 14.9. The van der Waals surface area contributed by atoms with Gasteiger partial charge in [-0.25, -0.2) is 15.0 Å². The van der Waals surface area contributed by atoms with Gasteiger partial charge < -0.3 is 10.6 Å². The van der Waals surface area contributed by atoms with E-state index in [1.54, 1.807) is 6.33 Å². The number of nitrogens with zero attached hydrogens (tertiary/aromatic N) is 6. The van der Waals surface area contributed by atoms with Crippen molar-refractivity contribution in [1.82, 2.24) is 29.9 Å². The van der Waals surface area contributed by atoms with Gasteiger partial charge in [-0.2, -0.15) is 15.0 Å². The molecule has 222 valence electrons. The van der Waals surface area contributed by atoms with E-state index in [4.69, 9.17) is 0 Å². The summed E-state index contributed by atoms with van der Waals surface area (Å²) >= 11 is 0. The second-order valence-corrected chi connectivity index (χ2v) is 10.9. The van der Waals surface area contributed by atoms with Gasteiger partial charge in [-0.15, -0.1) is 0 Å². The molecule has 6 aromatic rings. The first kappa shape index (κ1) is 29.3. The molecule has 8 heteroatoms. The molecule has 0 aliphatic carbocycles. The molecule has 8 nitrogen and oxygen atoms in total. The fraction of sp³-hybridized carbons (Fsp3) is 0.135. The Balaban J connectivity index is 1.10. The highest BCUT2D eigenvalue weighted by molar-refractivity contribution is 5.75. The lowest BCUT2D eigenvalue weighted by molar-refractivity contribution is 0.886. The van der Waals surface area contributed by atoms with E-state index in [-0.39, 0.29) is 0 Å². The Morgan fingerprint density at radius 3 is 1.64 bits per heavy atom. The zero-order chi connectivity index (χ0) is 31.0. The van der Waals surface area contributed by atoms with Gasteiger partial charge >= 0.3 is 0 Å². The molecule has 4 aromatic carbocycles. The summed E-state index contributed by atoms with van der Waals surface area (Å²) in [5.74, 6) is 3.23. The molecule has 0 fully saturated rings. The third-order valence-electron chi connectivity index (χ3n) is 7.32. The predicted molar refractivity (Wildman–Crippen MR) is 181 cm³/mol. The molecule has 0 unspecified atom stereocenters. The molecule has 0 aliphatic heterocycles. The SMILES string of the molecule is Cc1nc(Cc2ccccc2)nc(Nc2ccc(/C=C/c3ccc(Nc4ncnc(Cc5ccccc5)n4)cc3C)c(C)c2)n1. The van der Waals surface area contributed by atoms with E-state index in [0.717, 1.165) is 56.4 Å². The number of anilines is 4. The smallest absolute Gasteiger partial charge is 0.230 e. The predicted octanol–water partition coefficient (Wildman–Crippen LogP) is 7.82. The Hall–Kier alpha value is -5.76. The number of aryl methyl sites for hydroxylation is 3. The van der Waals surface area contributed by atoms with Crippen LogP contribution in [0.25, 0.3) is 12.2 Å². The summed E-state index contributed by atoms with van der Waals surface area (Å²) in [6.45, 7) is 6.09. The number of benzene rings is 4. The largest absolute Gasteiger partial charge is 0.324 e. The quantitative estimate of drug-likeness (QED) is 0.156. The number of aromatic nitrogens is 6. The molecule has 6 rings (SSSR count). The minimum atomic E-state index is 0.530. The molecule has 0 spiro atoms. The van der Waals surface area contributed by atoms with Crippen molar-refractivity contribution in [3.63, 3.8) is 0 Å². The summed E-state index contributed by atoms with van der Waals surface area (Å²) < 4.78 is 0. The molecule has 0 radical (unpaired) electrons. The van der Waals surface area contributed by atoms with Crippen molar-refractivity contribution in [3.05, 3.63) is 154 Å². The van der Waals surface area contributed by atoms with Crippen LogP contribution in [0.2, 0.25) is 0 Å². The Labute approximate surface area is 263 Å². The molecule has 0 bridgehead atoms. The lowest BCUT2D eigenvalue weighted by Crippen LogP contribution is -2.06. The Morgan fingerprint density at radius 1 is 0.533 bits per heavy atom. The summed E-state index contributed by atoms with van der Waals surface area (Å²) in [5.41, 5.74) is 8.73. The van der Waals surface area contributed by atoms with Gasteiger partial charge in [-0.1, -0.05) is 84.9 Å². The van der Waals surface area contributed by atoms with Gasteiger partial charge in [0.25, 0.3) is 0 Å². The van der Waals surface area contributed by atoms with Crippen molar-refractivity contribution in [2.24, 2.45) is 0 Å². The van der Waals surface area contributed by atoms with Crippen molar-refractivity contribution < 1.29 is 0 Å². The molecule has 0 atom stereocenters. The van der Waals surface area contributed by atoms with E-state index in [1.165, 1.54) is 0 Å². The maximum Gasteiger partial charge on any atom is 0.230 e. The summed E-state index contributed by atoms with van der Waals surface area (Å²) in [6.07, 6.45) is 7.15. The van der Waals surface area contributed by atoms with E-state index < -0.39 is 0 Å². The molecule has 0 saturated carbocycles. The van der Waals surface area contributed by atoms with Crippen LogP contribution < -0.4 is 10.6 Å². The second kappa shape index (κ2) is 13.7. The highest BCUT2D eigenvalue weighted by Gasteiger charge is 2.08. The second-order valence-electron chi connectivity index (χ2n) is 10.9. The summed E-state index contributed by atoms with van der Waals surface area (Å²) in [7, 11) is 0. The molecule has 2 aromatic heterocycles. The molecule has 0 amide bonds. The highest BCUT2D eigenvalue weighted by Crippen LogP contribution is 2.23. The third-order valence-corrected chi connectivity index (χ3v) is 7.32. The fourth-order valence-corrected chi connectivity index (χ4v) is 5.02. The average Bonchev–Trinajstić information content (AvgIpc) is 3.02. The zero-order valence-electron chi connectivity index (χ0n) is 25.6. The van der Waals surface area contributed by atoms with Crippen LogP contribution in [0, 0.1) is 20.8 Å². The van der Waals surface area contributed by atoms with Gasteiger partial charge in [0.05, 0.1) is 0 Å². The molecular weight excluding hydrogens is 556 g/mol. The Kier molecular flexibility index (Phi) is 8.92. The van der Waals surface area contributed by atoms with Gasteiger partial charge in [0, 0.05) is 24.2 Å². The minimum absolute atomic E-state index is 0.530. The standard InChI is InChI=1S/C37H34N8/c1-25-20-32(42-36-39-24-38-34(44-36)22-28-10-6-4-7-11-28)18-16-30(25)14-15-31-17-19-33(21-26(31)2)43-37-41-27(3)40-35(45-37)23-29-12-8-5-9-13-29/h4-21,24H,22-23H2,1-3H3,(H,38,39,42,44)(H,40,41,43,45)/b15-14+. The third kappa shape index (κ3) is 8.00. The van der Waals surface area contributed by atoms with Crippen LogP contribution in [0.5, 0.6) is 0 Å². The van der Waals surface area contributed by atoms with E-state index in [1.807, 2.05) is 55.5 Å². The molecular formula is C37H34N8. The number of rotatable bonds is 10. The first-order chi connectivity index (χ1) is 22.0. The van der Waals surface area contributed by atoms with Crippen LogP contribution in [-0.4, -0.2) is 29.9 Å². The summed E-state index contributed by atoms with van der Waals surface area (Å²) in [4.78, 5) is 26.9. The van der Waals surface area contributed by atoms with Crippen LogP contribution in [0.15, 0.2) is 103 Å². The molecule has 0 aliphatic rings. The summed E-state index contributed by atoms with van der Waals surface area (Å²) in [6, 6.07) is 32.9. The van der Waals surface area contributed by atoms with E-state index in [2.05, 4.69) is 115 Å². The van der Waals surface area contributed by atoms with Gasteiger partial charge in [-0.05, 0) is 78.4 Å². The van der Waals surface area contributed by atoms with Crippen molar-refractivity contribution in [2.75, 3.05) is 10.6 Å². The van der Waals surface area contributed by atoms with E-state index >= 15 is 0 Å². The summed E-state index contributed by atoms with van der Waals surface area (Å²) in [5, 5.41) is 6.67.